The lowest BCUT2D eigenvalue weighted by atomic mass is 10.1. The second-order valence-electron chi connectivity index (χ2n) is 4.38. The highest BCUT2D eigenvalue weighted by atomic mass is 79.9. The summed E-state index contributed by atoms with van der Waals surface area (Å²) in [4.78, 5) is 11.1. The zero-order valence-corrected chi connectivity index (χ0v) is 12.2. The Hall–Kier alpha value is -1.81. The number of rotatable bonds is 4. The van der Waals surface area contributed by atoms with E-state index >= 15 is 0 Å². The molecule has 0 heterocycles. The van der Waals surface area contributed by atoms with Crippen molar-refractivity contribution in [3.63, 3.8) is 0 Å². The van der Waals surface area contributed by atoms with Crippen LogP contribution in [0.4, 0.5) is 5.69 Å². The molecular formula is C15H15BrN2O. The summed E-state index contributed by atoms with van der Waals surface area (Å²) in [7, 11) is 0. The Labute approximate surface area is 121 Å². The van der Waals surface area contributed by atoms with E-state index in [1.807, 2.05) is 37.3 Å². The Morgan fingerprint density at radius 1 is 1.26 bits per heavy atom. The molecule has 1 amide bonds. The van der Waals surface area contributed by atoms with Gasteiger partial charge in [0.15, 0.2) is 0 Å². The predicted molar refractivity (Wildman–Crippen MR) is 81.2 cm³/mol. The summed E-state index contributed by atoms with van der Waals surface area (Å²) in [5.41, 5.74) is 9.04. The van der Waals surface area contributed by atoms with Crippen LogP contribution in [0.2, 0.25) is 0 Å². The second kappa shape index (κ2) is 5.89. The van der Waals surface area contributed by atoms with Gasteiger partial charge >= 0.3 is 0 Å². The first-order valence-corrected chi connectivity index (χ1v) is 6.74. The van der Waals surface area contributed by atoms with Gasteiger partial charge in [0.25, 0.3) is 0 Å². The lowest BCUT2D eigenvalue weighted by Crippen LogP contribution is -2.11. The Bertz CT molecular complexity index is 611. The van der Waals surface area contributed by atoms with E-state index in [0.717, 1.165) is 15.7 Å². The van der Waals surface area contributed by atoms with Gasteiger partial charge in [-0.1, -0.05) is 34.1 Å². The largest absolute Gasteiger partial charge is 0.381 e. The molecular weight excluding hydrogens is 304 g/mol. The van der Waals surface area contributed by atoms with Crippen LogP contribution in [-0.2, 0) is 6.54 Å². The minimum atomic E-state index is -0.403. The summed E-state index contributed by atoms with van der Waals surface area (Å²) in [5.74, 6) is -0.403. The van der Waals surface area contributed by atoms with Gasteiger partial charge in [0.2, 0.25) is 5.91 Å². The monoisotopic (exact) mass is 318 g/mol. The molecule has 0 aliphatic rings. The van der Waals surface area contributed by atoms with Crippen LogP contribution in [0.15, 0.2) is 46.9 Å². The van der Waals surface area contributed by atoms with E-state index in [1.165, 1.54) is 5.56 Å². The van der Waals surface area contributed by atoms with Crippen molar-refractivity contribution in [1.29, 1.82) is 0 Å². The second-order valence-corrected chi connectivity index (χ2v) is 5.24. The first kappa shape index (κ1) is 13.6. The third kappa shape index (κ3) is 3.58. The van der Waals surface area contributed by atoms with Gasteiger partial charge in [0.05, 0.1) is 0 Å². The zero-order valence-electron chi connectivity index (χ0n) is 10.6. The number of nitrogens with one attached hydrogen (secondary N) is 1. The smallest absolute Gasteiger partial charge is 0.248 e. The average molecular weight is 319 g/mol. The van der Waals surface area contributed by atoms with Gasteiger partial charge in [-0.3, -0.25) is 4.79 Å². The molecule has 19 heavy (non-hydrogen) atoms. The van der Waals surface area contributed by atoms with E-state index in [9.17, 15) is 4.79 Å². The Kier molecular flexibility index (Phi) is 4.22. The number of aryl methyl sites for hydroxylation is 1. The molecule has 0 bridgehead atoms. The summed E-state index contributed by atoms with van der Waals surface area (Å²) < 4.78 is 1.07. The van der Waals surface area contributed by atoms with Gasteiger partial charge in [-0.05, 0) is 42.3 Å². The van der Waals surface area contributed by atoms with Crippen LogP contribution in [0.25, 0.3) is 0 Å². The van der Waals surface area contributed by atoms with Crippen LogP contribution in [0.1, 0.15) is 21.5 Å². The normalized spacial score (nSPS) is 10.2. The summed E-state index contributed by atoms with van der Waals surface area (Å²) in [5, 5.41) is 3.31. The third-order valence-electron chi connectivity index (χ3n) is 2.88. The number of carbonyl (C=O) groups is 1. The predicted octanol–water partition coefficient (Wildman–Crippen LogP) is 3.47. The number of carbonyl (C=O) groups excluding carboxylic acids is 1. The lowest BCUT2D eigenvalue weighted by molar-refractivity contribution is 0.1000. The molecule has 0 unspecified atom stereocenters. The van der Waals surface area contributed by atoms with Crippen LogP contribution in [0.3, 0.4) is 0 Å². The minimum absolute atomic E-state index is 0.403. The van der Waals surface area contributed by atoms with E-state index in [4.69, 9.17) is 5.73 Å². The maximum absolute atomic E-state index is 11.1. The first-order chi connectivity index (χ1) is 9.06. The van der Waals surface area contributed by atoms with Crippen LogP contribution in [-0.4, -0.2) is 5.91 Å². The highest BCUT2D eigenvalue weighted by Gasteiger charge is 2.02. The van der Waals surface area contributed by atoms with E-state index < -0.39 is 5.91 Å². The van der Waals surface area contributed by atoms with Gasteiger partial charge in [-0.2, -0.15) is 0 Å². The number of hydrogen-bond donors (Lipinski definition) is 2. The molecule has 2 aromatic carbocycles. The fourth-order valence-electron chi connectivity index (χ4n) is 1.74. The summed E-state index contributed by atoms with van der Waals surface area (Å²) in [6, 6.07) is 13.4. The third-order valence-corrected chi connectivity index (χ3v) is 3.73. The molecule has 0 fully saturated rings. The van der Waals surface area contributed by atoms with E-state index in [1.54, 1.807) is 12.1 Å². The fourth-order valence-corrected chi connectivity index (χ4v) is 2.12. The molecule has 0 saturated heterocycles. The number of nitrogens with two attached hydrogens (primary N) is 1. The zero-order chi connectivity index (χ0) is 13.8. The van der Waals surface area contributed by atoms with Gasteiger partial charge < -0.3 is 11.1 Å². The van der Waals surface area contributed by atoms with Crippen LogP contribution in [0.5, 0.6) is 0 Å². The van der Waals surface area contributed by atoms with Gasteiger partial charge in [-0.25, -0.2) is 0 Å². The van der Waals surface area contributed by atoms with Crippen molar-refractivity contribution >= 4 is 27.5 Å². The first-order valence-electron chi connectivity index (χ1n) is 5.95. The quantitative estimate of drug-likeness (QED) is 0.906. The summed E-state index contributed by atoms with van der Waals surface area (Å²) in [6.45, 7) is 2.70. The Balaban J connectivity index is 2.07. The van der Waals surface area contributed by atoms with Crippen molar-refractivity contribution in [3.05, 3.63) is 63.6 Å². The Morgan fingerprint density at radius 3 is 2.74 bits per heavy atom. The molecule has 0 spiro atoms. The number of benzene rings is 2. The SMILES string of the molecule is Cc1ccc(NCc2cccc(C(N)=O)c2)cc1Br. The van der Waals surface area contributed by atoms with Gasteiger partial charge in [0.1, 0.15) is 0 Å². The molecule has 0 atom stereocenters. The van der Waals surface area contributed by atoms with E-state index in [-0.39, 0.29) is 0 Å². The number of halogens is 1. The molecule has 3 nitrogen and oxygen atoms in total. The van der Waals surface area contributed by atoms with E-state index in [0.29, 0.717) is 12.1 Å². The molecule has 0 saturated carbocycles. The molecule has 0 aromatic heterocycles. The van der Waals surface area contributed by atoms with Crippen molar-refractivity contribution < 1.29 is 4.79 Å². The topological polar surface area (TPSA) is 55.1 Å². The Morgan fingerprint density at radius 2 is 2.05 bits per heavy atom. The van der Waals surface area contributed by atoms with Crippen LogP contribution in [0, 0.1) is 6.92 Å². The van der Waals surface area contributed by atoms with Gasteiger partial charge in [-0.15, -0.1) is 0 Å². The maximum Gasteiger partial charge on any atom is 0.248 e. The molecule has 0 aliphatic heterocycles. The van der Waals surface area contributed by atoms with Crippen molar-refractivity contribution in [3.8, 4) is 0 Å². The van der Waals surface area contributed by atoms with E-state index in [2.05, 4.69) is 21.2 Å². The molecule has 0 radical (unpaired) electrons. The number of amides is 1. The molecule has 2 rings (SSSR count). The fraction of sp³-hybridized carbons (Fsp3) is 0.133. The molecule has 4 heteroatoms. The van der Waals surface area contributed by atoms with Crippen LogP contribution >= 0.6 is 15.9 Å². The number of hydrogen-bond acceptors (Lipinski definition) is 2. The van der Waals surface area contributed by atoms with Crippen molar-refractivity contribution in [1.82, 2.24) is 0 Å². The highest BCUT2D eigenvalue weighted by Crippen LogP contribution is 2.21. The standard InChI is InChI=1S/C15H15BrN2O/c1-10-5-6-13(8-14(10)16)18-9-11-3-2-4-12(7-11)15(17)19/h2-8,18H,9H2,1H3,(H2,17,19). The molecule has 2 aromatic rings. The lowest BCUT2D eigenvalue weighted by Gasteiger charge is -2.09. The molecule has 3 N–H and O–H groups in total. The average Bonchev–Trinajstić information content (AvgIpc) is 2.40. The number of primary amides is 1. The van der Waals surface area contributed by atoms with Gasteiger partial charge in [0, 0.05) is 22.3 Å². The maximum atomic E-state index is 11.1. The number of anilines is 1. The molecule has 0 aliphatic carbocycles. The highest BCUT2D eigenvalue weighted by molar-refractivity contribution is 9.10. The van der Waals surface area contributed by atoms with Crippen molar-refractivity contribution in [2.45, 2.75) is 13.5 Å². The molecule has 98 valence electrons. The summed E-state index contributed by atoms with van der Waals surface area (Å²) in [6.07, 6.45) is 0. The van der Waals surface area contributed by atoms with Crippen molar-refractivity contribution in [2.24, 2.45) is 5.73 Å². The minimum Gasteiger partial charge on any atom is -0.381 e. The summed E-state index contributed by atoms with van der Waals surface area (Å²) >= 11 is 3.50. The van der Waals surface area contributed by atoms with Crippen molar-refractivity contribution in [2.75, 3.05) is 5.32 Å². The van der Waals surface area contributed by atoms with Crippen LogP contribution < -0.4 is 11.1 Å².